The minimum atomic E-state index is -0.550. The number of hydrogen-bond acceptors (Lipinski definition) is 7. The van der Waals surface area contributed by atoms with E-state index in [0.717, 1.165) is 22.0 Å². The van der Waals surface area contributed by atoms with E-state index >= 15 is 0 Å². The van der Waals surface area contributed by atoms with Crippen LogP contribution in [0.2, 0.25) is 0 Å². The highest BCUT2D eigenvalue weighted by Crippen LogP contribution is 2.41. The Balaban J connectivity index is 1.47. The number of hydroxylamine groups is 1. The lowest BCUT2D eigenvalue weighted by molar-refractivity contribution is 0.0706. The van der Waals surface area contributed by atoms with Crippen molar-refractivity contribution < 1.29 is 14.7 Å². The molecule has 0 bridgehead atoms. The number of thiazole rings is 1. The molecule has 152 valence electrons. The molecule has 6 nitrogen and oxygen atoms in total. The standard InChI is InChI=1S/C22H19N3O3S2/c1-12-15-5-3-4-6-19(15)30-20(12)17-11-29-22(23-17)25-9-14-7-13(21(26)24-27)8-18(28-2)16(14)10-25/h3-8,11,27H,9-10H2,1-2H3,(H,24,26). The van der Waals surface area contributed by atoms with E-state index in [2.05, 4.69) is 41.5 Å². The van der Waals surface area contributed by atoms with E-state index in [4.69, 9.17) is 14.9 Å². The fourth-order valence-corrected chi connectivity index (χ4v) is 5.98. The van der Waals surface area contributed by atoms with Gasteiger partial charge in [-0.15, -0.1) is 22.7 Å². The number of aromatic nitrogens is 1. The van der Waals surface area contributed by atoms with Crippen LogP contribution in [0.5, 0.6) is 5.75 Å². The average Bonchev–Trinajstić information content (AvgIpc) is 3.49. The summed E-state index contributed by atoms with van der Waals surface area (Å²) in [5, 5.41) is 13.3. The van der Waals surface area contributed by atoms with Crippen LogP contribution >= 0.6 is 22.7 Å². The molecule has 8 heteroatoms. The number of amides is 1. The molecule has 0 saturated heterocycles. The Labute approximate surface area is 181 Å². The lowest BCUT2D eigenvalue weighted by atomic mass is 10.0. The number of methoxy groups -OCH3 is 1. The molecule has 0 unspecified atom stereocenters. The molecule has 2 aromatic heterocycles. The lowest BCUT2D eigenvalue weighted by Gasteiger charge is -2.13. The van der Waals surface area contributed by atoms with Crippen LogP contribution in [0.1, 0.15) is 27.0 Å². The quantitative estimate of drug-likeness (QED) is 0.348. The van der Waals surface area contributed by atoms with E-state index in [1.165, 1.54) is 20.5 Å². The fourth-order valence-electron chi connectivity index (χ4n) is 3.92. The van der Waals surface area contributed by atoms with Gasteiger partial charge in [0.25, 0.3) is 5.91 Å². The molecular weight excluding hydrogens is 418 g/mol. The van der Waals surface area contributed by atoms with Gasteiger partial charge in [-0.25, -0.2) is 10.5 Å². The molecule has 1 aliphatic rings. The number of carbonyl (C=O) groups excluding carboxylic acids is 1. The minimum absolute atomic E-state index is 0.371. The van der Waals surface area contributed by atoms with Gasteiger partial charge >= 0.3 is 0 Å². The van der Waals surface area contributed by atoms with E-state index in [9.17, 15) is 4.79 Å². The number of hydrogen-bond donors (Lipinski definition) is 2. The summed E-state index contributed by atoms with van der Waals surface area (Å²) >= 11 is 3.39. The molecule has 4 aromatic rings. The first-order chi connectivity index (χ1) is 14.6. The van der Waals surface area contributed by atoms with Crippen molar-refractivity contribution in [3.63, 3.8) is 0 Å². The summed E-state index contributed by atoms with van der Waals surface area (Å²) in [4.78, 5) is 20.2. The van der Waals surface area contributed by atoms with Crippen molar-refractivity contribution in [2.24, 2.45) is 0 Å². The van der Waals surface area contributed by atoms with Crippen LogP contribution in [0, 0.1) is 6.92 Å². The summed E-state index contributed by atoms with van der Waals surface area (Å²) in [6.07, 6.45) is 0. The summed E-state index contributed by atoms with van der Waals surface area (Å²) in [5.74, 6) is 0.0945. The van der Waals surface area contributed by atoms with Crippen molar-refractivity contribution in [2.45, 2.75) is 20.0 Å². The summed E-state index contributed by atoms with van der Waals surface area (Å²) in [6.45, 7) is 3.45. The molecule has 2 aromatic carbocycles. The van der Waals surface area contributed by atoms with Crippen LogP contribution in [0.4, 0.5) is 5.13 Å². The third-order valence-electron chi connectivity index (χ3n) is 5.43. The van der Waals surface area contributed by atoms with Gasteiger partial charge in [0.05, 0.1) is 17.7 Å². The molecule has 0 fully saturated rings. The molecule has 1 amide bonds. The van der Waals surface area contributed by atoms with Gasteiger partial charge < -0.3 is 9.64 Å². The van der Waals surface area contributed by atoms with Gasteiger partial charge in [-0.2, -0.15) is 0 Å². The molecule has 5 rings (SSSR count). The molecule has 0 radical (unpaired) electrons. The maximum atomic E-state index is 11.9. The van der Waals surface area contributed by atoms with E-state index in [1.54, 1.807) is 47.4 Å². The summed E-state index contributed by atoms with van der Waals surface area (Å²) in [6, 6.07) is 11.9. The molecule has 1 aliphatic heterocycles. The summed E-state index contributed by atoms with van der Waals surface area (Å²) < 4.78 is 6.77. The molecule has 0 atom stereocenters. The first kappa shape index (κ1) is 19.0. The maximum Gasteiger partial charge on any atom is 0.274 e. The van der Waals surface area contributed by atoms with Crippen LogP contribution < -0.4 is 15.1 Å². The second-order valence-corrected chi connectivity index (χ2v) is 9.07. The zero-order chi connectivity index (χ0) is 20.8. The van der Waals surface area contributed by atoms with Gasteiger partial charge in [0.1, 0.15) is 5.75 Å². The zero-order valence-electron chi connectivity index (χ0n) is 16.4. The Bertz CT molecular complexity index is 1280. The Morgan fingerprint density at radius 2 is 2.10 bits per heavy atom. The normalized spacial score (nSPS) is 13.0. The van der Waals surface area contributed by atoms with Crippen LogP contribution in [0.15, 0.2) is 41.8 Å². The number of nitrogens with one attached hydrogen (secondary N) is 1. The zero-order valence-corrected chi connectivity index (χ0v) is 18.1. The molecule has 2 N–H and O–H groups in total. The molecule has 0 saturated carbocycles. The largest absolute Gasteiger partial charge is 0.496 e. The predicted octanol–water partition coefficient (Wildman–Crippen LogP) is 4.98. The van der Waals surface area contributed by atoms with Gasteiger partial charge in [-0.3, -0.25) is 10.0 Å². The smallest absolute Gasteiger partial charge is 0.274 e. The molecule has 0 spiro atoms. The highest BCUT2D eigenvalue weighted by atomic mass is 32.1. The van der Waals surface area contributed by atoms with Crippen LogP contribution in [0.3, 0.4) is 0 Å². The Morgan fingerprint density at radius 1 is 1.27 bits per heavy atom. The van der Waals surface area contributed by atoms with Crippen molar-refractivity contribution in [2.75, 3.05) is 12.0 Å². The molecule has 0 aliphatic carbocycles. The highest BCUT2D eigenvalue weighted by molar-refractivity contribution is 7.23. The Morgan fingerprint density at radius 3 is 2.87 bits per heavy atom. The SMILES string of the molecule is COc1cc(C(=O)NO)cc2c1CN(c1nc(-c3sc4ccccc4c3C)cs1)C2. The fraction of sp³-hybridized carbons (Fsp3) is 0.182. The van der Waals surface area contributed by atoms with E-state index in [1.807, 2.05) is 0 Å². The Kier molecular flexibility index (Phi) is 4.69. The van der Waals surface area contributed by atoms with Crippen molar-refractivity contribution in [1.29, 1.82) is 0 Å². The van der Waals surface area contributed by atoms with Crippen molar-refractivity contribution in [3.8, 4) is 16.3 Å². The summed E-state index contributed by atoms with van der Waals surface area (Å²) in [5.41, 5.74) is 6.36. The number of rotatable bonds is 4. The average molecular weight is 438 g/mol. The third-order valence-corrected chi connectivity index (χ3v) is 7.63. The van der Waals surface area contributed by atoms with Gasteiger partial charge in [-0.1, -0.05) is 18.2 Å². The lowest BCUT2D eigenvalue weighted by Crippen LogP contribution is -2.19. The van der Waals surface area contributed by atoms with Crippen LogP contribution in [-0.4, -0.2) is 23.2 Å². The van der Waals surface area contributed by atoms with Gasteiger partial charge in [-0.05, 0) is 41.6 Å². The number of carbonyl (C=O) groups is 1. The molecule has 30 heavy (non-hydrogen) atoms. The highest BCUT2D eigenvalue weighted by Gasteiger charge is 2.27. The van der Waals surface area contributed by atoms with E-state index < -0.39 is 5.91 Å². The second-order valence-electron chi connectivity index (χ2n) is 7.18. The van der Waals surface area contributed by atoms with Crippen molar-refractivity contribution in [1.82, 2.24) is 10.5 Å². The minimum Gasteiger partial charge on any atom is -0.496 e. The number of ether oxygens (including phenoxy) is 1. The number of thiophene rings is 1. The Hall–Kier alpha value is -2.94. The number of aryl methyl sites for hydroxylation is 1. The topological polar surface area (TPSA) is 74.7 Å². The van der Waals surface area contributed by atoms with Gasteiger partial charge in [0.15, 0.2) is 5.13 Å². The first-order valence-corrected chi connectivity index (χ1v) is 11.1. The monoisotopic (exact) mass is 437 g/mol. The number of benzene rings is 2. The third kappa shape index (κ3) is 3.04. The maximum absolute atomic E-state index is 11.9. The van der Waals surface area contributed by atoms with Crippen molar-refractivity contribution >= 4 is 43.8 Å². The van der Waals surface area contributed by atoms with Crippen LogP contribution in [0.25, 0.3) is 20.7 Å². The number of fused-ring (bicyclic) bond motifs is 2. The predicted molar refractivity (Wildman–Crippen MR) is 120 cm³/mol. The van der Waals surface area contributed by atoms with Crippen molar-refractivity contribution in [3.05, 3.63) is 64.0 Å². The number of nitrogens with zero attached hydrogens (tertiary/aromatic N) is 2. The summed E-state index contributed by atoms with van der Waals surface area (Å²) in [7, 11) is 1.59. The molecular formula is C22H19N3O3S2. The van der Waals surface area contributed by atoms with E-state index in [-0.39, 0.29) is 0 Å². The van der Waals surface area contributed by atoms with E-state index in [0.29, 0.717) is 24.4 Å². The van der Waals surface area contributed by atoms with Gasteiger partial charge in [0.2, 0.25) is 0 Å². The first-order valence-electron chi connectivity index (χ1n) is 9.42. The van der Waals surface area contributed by atoms with Crippen LogP contribution in [-0.2, 0) is 13.1 Å². The molecule has 3 heterocycles. The number of anilines is 1. The van der Waals surface area contributed by atoms with Gasteiger partial charge in [0, 0.05) is 34.3 Å². The second kappa shape index (κ2) is 7.39.